The number of halogens is 2. The average Bonchev–Trinajstić information content (AvgIpc) is 3.09. The lowest BCUT2D eigenvalue weighted by atomic mass is 10.1. The number of anilines is 2. The number of carbonyl (C=O) groups is 1. The van der Waals surface area contributed by atoms with E-state index in [4.69, 9.17) is 23.2 Å². The van der Waals surface area contributed by atoms with Gasteiger partial charge < -0.3 is 9.88 Å². The van der Waals surface area contributed by atoms with Crippen LogP contribution in [-0.2, 0) is 17.1 Å². The summed E-state index contributed by atoms with van der Waals surface area (Å²) in [4.78, 5) is 24.9. The number of nitrogens with zero attached hydrogens (tertiary/aromatic N) is 2. The molecule has 166 valence electrons. The predicted octanol–water partition coefficient (Wildman–Crippen LogP) is 4.15. The van der Waals surface area contributed by atoms with Crippen LogP contribution in [0.3, 0.4) is 0 Å². The van der Waals surface area contributed by atoms with E-state index in [0.29, 0.717) is 40.5 Å². The number of carbonyl (C=O) groups excluding carboxylic acids is 1. The first kappa shape index (κ1) is 22.4. The van der Waals surface area contributed by atoms with Crippen LogP contribution in [0.1, 0.15) is 16.8 Å². The summed E-state index contributed by atoms with van der Waals surface area (Å²) >= 11 is 12.5. The number of sulfonamides is 1. The van der Waals surface area contributed by atoms with Crippen LogP contribution in [0.4, 0.5) is 11.4 Å². The zero-order chi connectivity index (χ0) is 23.0. The van der Waals surface area contributed by atoms with E-state index in [1.807, 2.05) is 0 Å². The molecule has 1 saturated heterocycles. The number of amides is 1. The number of benzene rings is 2. The summed E-state index contributed by atoms with van der Waals surface area (Å²) in [5.41, 5.74) is 2.09. The molecule has 3 aromatic rings. The van der Waals surface area contributed by atoms with E-state index in [2.05, 4.69) is 5.32 Å². The molecule has 0 unspecified atom stereocenters. The van der Waals surface area contributed by atoms with Crippen molar-refractivity contribution < 1.29 is 13.2 Å². The molecule has 0 saturated carbocycles. The summed E-state index contributed by atoms with van der Waals surface area (Å²) in [5, 5.41) is 3.32. The number of nitrogens with one attached hydrogen (secondary N) is 1. The normalized spacial score (nSPS) is 15.0. The van der Waals surface area contributed by atoms with Crippen molar-refractivity contribution in [3.05, 3.63) is 80.7 Å². The van der Waals surface area contributed by atoms with Crippen LogP contribution in [0.25, 0.3) is 11.1 Å². The highest BCUT2D eigenvalue weighted by atomic mass is 35.5. The van der Waals surface area contributed by atoms with Crippen molar-refractivity contribution in [2.75, 3.05) is 21.9 Å². The third kappa shape index (κ3) is 4.53. The number of aromatic nitrogens is 1. The Balaban J connectivity index is 1.64. The molecule has 2 aromatic carbocycles. The van der Waals surface area contributed by atoms with E-state index < -0.39 is 15.9 Å². The molecule has 4 rings (SSSR count). The van der Waals surface area contributed by atoms with Gasteiger partial charge in [0.1, 0.15) is 0 Å². The summed E-state index contributed by atoms with van der Waals surface area (Å²) in [7, 11) is -1.74. The summed E-state index contributed by atoms with van der Waals surface area (Å²) in [6.07, 6.45) is 2.18. The van der Waals surface area contributed by atoms with Crippen LogP contribution in [0.2, 0.25) is 10.0 Å². The average molecular weight is 492 g/mol. The molecule has 1 amide bonds. The minimum Gasteiger partial charge on any atom is -0.322 e. The summed E-state index contributed by atoms with van der Waals surface area (Å²) < 4.78 is 27.2. The molecule has 1 fully saturated rings. The molecule has 1 aliphatic heterocycles. The lowest BCUT2D eigenvalue weighted by Gasteiger charge is -2.18. The van der Waals surface area contributed by atoms with Crippen LogP contribution in [-0.4, -0.2) is 31.2 Å². The van der Waals surface area contributed by atoms with Gasteiger partial charge in [0.15, 0.2) is 0 Å². The Morgan fingerprint density at radius 2 is 1.81 bits per heavy atom. The third-order valence-corrected chi connectivity index (χ3v) is 7.59. The highest BCUT2D eigenvalue weighted by molar-refractivity contribution is 7.93. The first-order chi connectivity index (χ1) is 15.1. The van der Waals surface area contributed by atoms with Gasteiger partial charge in [0, 0.05) is 36.6 Å². The minimum absolute atomic E-state index is 0.0744. The maximum atomic E-state index is 13.0. The first-order valence-corrected chi connectivity index (χ1v) is 12.1. The Labute approximate surface area is 195 Å². The topological polar surface area (TPSA) is 88.5 Å². The smallest absolute Gasteiger partial charge is 0.257 e. The van der Waals surface area contributed by atoms with Gasteiger partial charge in [-0.05, 0) is 60.0 Å². The molecule has 0 radical (unpaired) electrons. The molecule has 0 bridgehead atoms. The van der Waals surface area contributed by atoms with Gasteiger partial charge in [-0.25, -0.2) is 8.42 Å². The number of aryl methyl sites for hydroxylation is 1. The number of rotatable bonds is 4. The molecule has 2 heterocycles. The zero-order valence-electron chi connectivity index (χ0n) is 17.0. The van der Waals surface area contributed by atoms with Crippen LogP contribution in [0.15, 0.2) is 59.5 Å². The Kier molecular flexibility index (Phi) is 6.03. The van der Waals surface area contributed by atoms with Gasteiger partial charge in [0.25, 0.3) is 11.5 Å². The molecule has 1 aromatic heterocycles. The van der Waals surface area contributed by atoms with Crippen molar-refractivity contribution >= 4 is 50.5 Å². The Morgan fingerprint density at radius 1 is 1.03 bits per heavy atom. The monoisotopic (exact) mass is 491 g/mol. The lowest BCUT2D eigenvalue weighted by molar-refractivity contribution is 0.102. The quantitative estimate of drug-likeness (QED) is 0.593. The van der Waals surface area contributed by atoms with E-state index in [9.17, 15) is 18.0 Å². The fourth-order valence-corrected chi connectivity index (χ4v) is 5.52. The second kappa shape index (κ2) is 8.61. The maximum Gasteiger partial charge on any atom is 0.257 e. The molecular formula is C22H19Cl2N3O4S. The minimum atomic E-state index is -3.39. The molecule has 10 heteroatoms. The second-order valence-corrected chi connectivity index (χ2v) is 10.3. The van der Waals surface area contributed by atoms with E-state index in [1.54, 1.807) is 43.6 Å². The molecular weight excluding hydrogens is 473 g/mol. The van der Waals surface area contributed by atoms with Gasteiger partial charge in [-0.2, -0.15) is 0 Å². The van der Waals surface area contributed by atoms with Gasteiger partial charge in [-0.15, -0.1) is 0 Å². The van der Waals surface area contributed by atoms with Crippen LogP contribution < -0.4 is 15.2 Å². The molecule has 1 N–H and O–H groups in total. The molecule has 0 spiro atoms. The third-order valence-electron chi connectivity index (χ3n) is 5.18. The molecule has 0 atom stereocenters. The van der Waals surface area contributed by atoms with Crippen molar-refractivity contribution in [2.45, 2.75) is 6.42 Å². The highest BCUT2D eigenvalue weighted by Crippen LogP contribution is 2.30. The van der Waals surface area contributed by atoms with Crippen LogP contribution in [0, 0.1) is 0 Å². The number of hydrogen-bond donors (Lipinski definition) is 1. The zero-order valence-corrected chi connectivity index (χ0v) is 19.3. The van der Waals surface area contributed by atoms with Gasteiger partial charge in [0.2, 0.25) is 10.0 Å². The molecule has 32 heavy (non-hydrogen) atoms. The van der Waals surface area contributed by atoms with Crippen molar-refractivity contribution in [1.82, 2.24) is 4.57 Å². The van der Waals surface area contributed by atoms with Gasteiger partial charge >= 0.3 is 0 Å². The molecule has 1 aliphatic rings. The summed E-state index contributed by atoms with van der Waals surface area (Å²) in [5.74, 6) is -0.434. The largest absolute Gasteiger partial charge is 0.322 e. The fourth-order valence-electron chi connectivity index (χ4n) is 3.53. The van der Waals surface area contributed by atoms with E-state index in [-0.39, 0.29) is 21.9 Å². The van der Waals surface area contributed by atoms with Crippen molar-refractivity contribution in [3.63, 3.8) is 0 Å². The summed E-state index contributed by atoms with van der Waals surface area (Å²) in [6.45, 7) is 0.360. The fraction of sp³-hybridized carbons (Fsp3) is 0.182. The number of hydrogen-bond acceptors (Lipinski definition) is 4. The number of pyridine rings is 1. The van der Waals surface area contributed by atoms with Gasteiger partial charge in [-0.3, -0.25) is 13.9 Å². The van der Waals surface area contributed by atoms with Crippen molar-refractivity contribution in [3.8, 4) is 11.1 Å². The summed E-state index contributed by atoms with van der Waals surface area (Å²) in [6, 6.07) is 12.8. The molecule has 0 aliphatic carbocycles. The highest BCUT2D eigenvalue weighted by Gasteiger charge is 2.29. The van der Waals surface area contributed by atoms with Crippen LogP contribution in [0.5, 0.6) is 0 Å². The maximum absolute atomic E-state index is 13.0. The second-order valence-electron chi connectivity index (χ2n) is 7.45. The van der Waals surface area contributed by atoms with Crippen LogP contribution >= 0.6 is 23.2 Å². The lowest BCUT2D eigenvalue weighted by Crippen LogP contribution is -2.25. The predicted molar refractivity (Wildman–Crippen MR) is 127 cm³/mol. The van der Waals surface area contributed by atoms with E-state index in [1.165, 1.54) is 27.1 Å². The van der Waals surface area contributed by atoms with Gasteiger partial charge in [-0.1, -0.05) is 23.2 Å². The van der Waals surface area contributed by atoms with E-state index >= 15 is 0 Å². The Hall–Kier alpha value is -2.81. The standard InChI is InChI=1S/C22H19Cl2N3O4S/c1-26-7-5-14(11-21(26)28)15-9-16(23)12-17(10-15)25-22(29)19-13-18(3-4-20(19)24)27-6-2-8-32(27,30)31/h3-5,7,9-13H,2,6,8H2,1H3,(H,25,29). The Bertz CT molecular complexity index is 1390. The first-order valence-electron chi connectivity index (χ1n) is 9.73. The van der Waals surface area contributed by atoms with Crippen molar-refractivity contribution in [2.24, 2.45) is 7.05 Å². The SMILES string of the molecule is Cn1ccc(-c2cc(Cl)cc(NC(=O)c3cc(N4CCCS4(=O)=O)ccc3Cl)c2)cc1=O. The van der Waals surface area contributed by atoms with Crippen molar-refractivity contribution in [1.29, 1.82) is 0 Å². The van der Waals surface area contributed by atoms with Gasteiger partial charge in [0.05, 0.1) is 22.0 Å². The Morgan fingerprint density at radius 3 is 2.50 bits per heavy atom. The molecule has 7 nitrogen and oxygen atoms in total. The van der Waals surface area contributed by atoms with E-state index in [0.717, 1.165) is 0 Å².